The van der Waals surface area contributed by atoms with Crippen molar-refractivity contribution in [3.8, 4) is 6.07 Å². The summed E-state index contributed by atoms with van der Waals surface area (Å²) in [6.07, 6.45) is 0.537. The van der Waals surface area contributed by atoms with Gasteiger partial charge in [0.1, 0.15) is 5.71 Å². The summed E-state index contributed by atoms with van der Waals surface area (Å²) in [5.74, 6) is -1.02. The van der Waals surface area contributed by atoms with Crippen molar-refractivity contribution in [3.05, 3.63) is 96.6 Å². The Kier molecular flexibility index (Phi) is 7.31. The third-order valence-corrected chi connectivity index (χ3v) is 5.49. The molecule has 0 fully saturated rings. The number of amides is 1. The van der Waals surface area contributed by atoms with E-state index in [0.717, 1.165) is 11.3 Å². The van der Waals surface area contributed by atoms with E-state index >= 15 is 0 Å². The quantitative estimate of drug-likeness (QED) is 0.470. The van der Waals surface area contributed by atoms with E-state index in [4.69, 9.17) is 10.00 Å². The standard InChI is InChI=1S/C27H24N4O3/c28-17-10-18-30(22-13-6-2-7-14-22)26(32)20-34-27(33)24-19-25(21-11-4-1-5-12-21)31(29-24)23-15-8-3-9-16-23/h1-9,11-16,25H,10,18-20H2. The van der Waals surface area contributed by atoms with Gasteiger partial charge in [0, 0.05) is 18.7 Å². The van der Waals surface area contributed by atoms with E-state index in [-0.39, 0.29) is 24.7 Å². The van der Waals surface area contributed by atoms with Crippen LogP contribution in [-0.4, -0.2) is 30.7 Å². The second-order valence-electron chi connectivity index (χ2n) is 7.72. The van der Waals surface area contributed by atoms with E-state index < -0.39 is 18.5 Å². The van der Waals surface area contributed by atoms with Crippen molar-refractivity contribution in [2.45, 2.75) is 18.9 Å². The van der Waals surface area contributed by atoms with Crippen LogP contribution in [0.2, 0.25) is 0 Å². The van der Waals surface area contributed by atoms with Crippen LogP contribution in [-0.2, 0) is 14.3 Å². The van der Waals surface area contributed by atoms with Gasteiger partial charge in [0.15, 0.2) is 6.61 Å². The maximum Gasteiger partial charge on any atom is 0.355 e. The number of benzene rings is 3. The molecule has 0 N–H and O–H groups in total. The van der Waals surface area contributed by atoms with Gasteiger partial charge in [-0.2, -0.15) is 10.4 Å². The lowest BCUT2D eigenvalue weighted by atomic mass is 10.0. The van der Waals surface area contributed by atoms with Crippen molar-refractivity contribution in [1.29, 1.82) is 5.26 Å². The largest absolute Gasteiger partial charge is 0.451 e. The number of hydrazone groups is 1. The Morgan fingerprint density at radius 2 is 1.59 bits per heavy atom. The molecule has 1 heterocycles. The molecule has 3 aromatic rings. The van der Waals surface area contributed by atoms with E-state index in [2.05, 4.69) is 5.10 Å². The fraction of sp³-hybridized carbons (Fsp3) is 0.185. The third-order valence-electron chi connectivity index (χ3n) is 5.49. The summed E-state index contributed by atoms with van der Waals surface area (Å²) in [7, 11) is 0. The van der Waals surface area contributed by atoms with E-state index in [1.165, 1.54) is 4.90 Å². The minimum Gasteiger partial charge on any atom is -0.451 e. The van der Waals surface area contributed by atoms with Crippen LogP contribution < -0.4 is 9.91 Å². The highest BCUT2D eigenvalue weighted by molar-refractivity contribution is 6.37. The number of anilines is 2. The molecule has 7 nitrogen and oxygen atoms in total. The van der Waals surface area contributed by atoms with Crippen LogP contribution >= 0.6 is 0 Å². The van der Waals surface area contributed by atoms with Crippen LogP contribution in [0, 0.1) is 11.3 Å². The Balaban J connectivity index is 1.47. The minimum absolute atomic E-state index is 0.154. The molecule has 0 spiro atoms. The molecule has 170 valence electrons. The van der Waals surface area contributed by atoms with Crippen LogP contribution in [0.15, 0.2) is 96.1 Å². The van der Waals surface area contributed by atoms with Gasteiger partial charge in [-0.25, -0.2) is 4.79 Å². The lowest BCUT2D eigenvalue weighted by Gasteiger charge is -2.23. The number of para-hydroxylation sites is 2. The van der Waals surface area contributed by atoms with Gasteiger partial charge in [-0.05, 0) is 29.8 Å². The lowest BCUT2D eigenvalue weighted by molar-refractivity contribution is -0.141. The Hall–Kier alpha value is -4.44. The summed E-state index contributed by atoms with van der Waals surface area (Å²) in [6, 6.07) is 30.4. The van der Waals surface area contributed by atoms with Gasteiger partial charge in [0.05, 0.1) is 24.2 Å². The molecule has 0 aliphatic carbocycles. The van der Waals surface area contributed by atoms with E-state index in [1.54, 1.807) is 12.1 Å². The summed E-state index contributed by atoms with van der Waals surface area (Å²) in [5.41, 5.74) is 2.80. The molecular weight excluding hydrogens is 428 g/mol. The van der Waals surface area contributed by atoms with Crippen LogP contribution in [0.25, 0.3) is 0 Å². The van der Waals surface area contributed by atoms with Crippen LogP contribution in [0.4, 0.5) is 11.4 Å². The van der Waals surface area contributed by atoms with E-state index in [0.29, 0.717) is 12.1 Å². The molecule has 1 atom stereocenters. The predicted octanol–water partition coefficient (Wildman–Crippen LogP) is 4.48. The number of hydrogen-bond acceptors (Lipinski definition) is 6. The third kappa shape index (κ3) is 5.30. The van der Waals surface area contributed by atoms with Crippen LogP contribution in [0.3, 0.4) is 0 Å². The van der Waals surface area contributed by atoms with Gasteiger partial charge in [-0.15, -0.1) is 0 Å². The highest BCUT2D eigenvalue weighted by Gasteiger charge is 2.33. The average molecular weight is 453 g/mol. The smallest absolute Gasteiger partial charge is 0.355 e. The van der Waals surface area contributed by atoms with Crippen LogP contribution in [0.5, 0.6) is 0 Å². The maximum absolute atomic E-state index is 12.9. The number of nitriles is 1. The first kappa shape index (κ1) is 22.7. The Bertz CT molecular complexity index is 1190. The monoisotopic (exact) mass is 452 g/mol. The zero-order valence-electron chi connectivity index (χ0n) is 18.6. The number of carbonyl (C=O) groups excluding carboxylic acids is 2. The molecule has 0 saturated carbocycles. The number of nitrogens with zero attached hydrogens (tertiary/aromatic N) is 4. The number of carbonyl (C=O) groups is 2. The number of esters is 1. The number of hydrogen-bond donors (Lipinski definition) is 0. The lowest BCUT2D eigenvalue weighted by Crippen LogP contribution is -2.36. The molecule has 0 bridgehead atoms. The summed E-state index contributed by atoms with van der Waals surface area (Å²) in [5, 5.41) is 15.3. The summed E-state index contributed by atoms with van der Waals surface area (Å²) >= 11 is 0. The van der Waals surface area contributed by atoms with Crippen molar-refractivity contribution in [3.63, 3.8) is 0 Å². The average Bonchev–Trinajstić information content (AvgIpc) is 3.35. The summed E-state index contributed by atoms with van der Waals surface area (Å²) in [6.45, 7) is -0.213. The molecule has 34 heavy (non-hydrogen) atoms. The SMILES string of the molecule is N#CCCN(C(=O)COC(=O)C1=NN(c2ccccc2)C(c2ccccc2)C1)c1ccccc1. The topological polar surface area (TPSA) is 86.0 Å². The molecule has 1 aliphatic heterocycles. The zero-order valence-corrected chi connectivity index (χ0v) is 18.6. The Morgan fingerprint density at radius 1 is 0.971 bits per heavy atom. The molecule has 4 rings (SSSR count). The van der Waals surface area contributed by atoms with Crippen molar-refractivity contribution < 1.29 is 14.3 Å². The van der Waals surface area contributed by atoms with Crippen LogP contribution in [0.1, 0.15) is 24.4 Å². The normalized spacial score (nSPS) is 14.7. The summed E-state index contributed by atoms with van der Waals surface area (Å²) in [4.78, 5) is 27.2. The fourth-order valence-electron chi connectivity index (χ4n) is 3.84. The minimum atomic E-state index is -0.624. The Morgan fingerprint density at radius 3 is 2.24 bits per heavy atom. The Labute approximate surface area is 198 Å². The summed E-state index contributed by atoms with van der Waals surface area (Å²) < 4.78 is 5.37. The van der Waals surface area contributed by atoms with Crippen molar-refractivity contribution >= 4 is 29.0 Å². The van der Waals surface area contributed by atoms with Gasteiger partial charge < -0.3 is 9.64 Å². The molecule has 0 aromatic heterocycles. The van der Waals surface area contributed by atoms with Gasteiger partial charge in [-0.3, -0.25) is 9.80 Å². The van der Waals surface area contributed by atoms with Gasteiger partial charge in [0.25, 0.3) is 5.91 Å². The van der Waals surface area contributed by atoms with Crippen molar-refractivity contribution in [2.75, 3.05) is 23.1 Å². The van der Waals surface area contributed by atoms with Gasteiger partial charge in [0.2, 0.25) is 0 Å². The highest BCUT2D eigenvalue weighted by Crippen LogP contribution is 2.35. The second kappa shape index (κ2) is 10.9. The molecule has 0 radical (unpaired) electrons. The fourth-order valence-corrected chi connectivity index (χ4v) is 3.84. The van der Waals surface area contributed by atoms with E-state index in [1.807, 2.05) is 89.9 Å². The van der Waals surface area contributed by atoms with Crippen molar-refractivity contribution in [2.24, 2.45) is 5.10 Å². The second-order valence-corrected chi connectivity index (χ2v) is 7.72. The molecule has 1 amide bonds. The molecule has 3 aromatic carbocycles. The van der Waals surface area contributed by atoms with Gasteiger partial charge in [-0.1, -0.05) is 66.7 Å². The van der Waals surface area contributed by atoms with E-state index in [9.17, 15) is 9.59 Å². The number of ether oxygens (including phenoxy) is 1. The first-order valence-corrected chi connectivity index (χ1v) is 11.0. The zero-order chi connectivity index (χ0) is 23.8. The molecule has 1 aliphatic rings. The molecular formula is C27H24N4O3. The first-order chi connectivity index (χ1) is 16.7. The number of rotatable bonds is 8. The highest BCUT2D eigenvalue weighted by atomic mass is 16.5. The molecule has 0 saturated heterocycles. The van der Waals surface area contributed by atoms with Gasteiger partial charge >= 0.3 is 5.97 Å². The molecule has 7 heteroatoms. The first-order valence-electron chi connectivity index (χ1n) is 11.0. The maximum atomic E-state index is 12.9. The molecule has 1 unspecified atom stereocenters. The van der Waals surface area contributed by atoms with Crippen molar-refractivity contribution in [1.82, 2.24) is 0 Å². The predicted molar refractivity (Wildman–Crippen MR) is 130 cm³/mol.